The Morgan fingerprint density at radius 3 is 2.95 bits per heavy atom. The molecule has 0 aliphatic carbocycles. The molecule has 9 heteroatoms. The number of nitro benzene ring substituents is 1. The van der Waals surface area contributed by atoms with Crippen LogP contribution in [0.25, 0.3) is 0 Å². The molecule has 1 aromatic rings. The van der Waals surface area contributed by atoms with Crippen molar-refractivity contribution in [2.24, 2.45) is 5.10 Å². The average Bonchev–Trinajstić information content (AvgIpc) is 2.33. The van der Waals surface area contributed by atoms with Crippen LogP contribution >= 0.6 is 28.1 Å². The van der Waals surface area contributed by atoms with Crippen molar-refractivity contribution in [1.82, 2.24) is 10.7 Å². The number of benzene rings is 1. The lowest BCUT2D eigenvalue weighted by atomic mass is 10.2. The van der Waals surface area contributed by atoms with Gasteiger partial charge in [-0.3, -0.25) is 15.5 Å². The summed E-state index contributed by atoms with van der Waals surface area (Å²) in [6.07, 6.45) is 1.36. The molecule has 0 radical (unpaired) electrons. The maximum Gasteiger partial charge on any atom is 0.312 e. The molecule has 102 valence electrons. The van der Waals surface area contributed by atoms with Crippen molar-refractivity contribution in [2.75, 3.05) is 6.54 Å². The zero-order valence-corrected chi connectivity index (χ0v) is 12.3. The summed E-state index contributed by atoms with van der Waals surface area (Å²) in [7, 11) is 0. The van der Waals surface area contributed by atoms with Crippen LogP contribution in [-0.2, 0) is 0 Å². The molecule has 0 saturated heterocycles. The van der Waals surface area contributed by atoms with E-state index in [1.165, 1.54) is 18.3 Å². The van der Waals surface area contributed by atoms with Crippen molar-refractivity contribution in [3.8, 4) is 5.75 Å². The molecule has 0 bridgehead atoms. The van der Waals surface area contributed by atoms with Gasteiger partial charge in [0.05, 0.1) is 15.6 Å². The standard InChI is InChI=1S/C10H11BrN4O3S/c1-2-12-10(19)14-13-5-6-3-7(11)9(16)8(4-6)15(17)18/h3-5,16H,2H2,1H3,(H2,12,14,19)/b13-5-. The zero-order chi connectivity index (χ0) is 14.4. The predicted molar refractivity (Wildman–Crippen MR) is 79.5 cm³/mol. The van der Waals surface area contributed by atoms with Gasteiger partial charge in [0.15, 0.2) is 5.11 Å². The Morgan fingerprint density at radius 1 is 1.68 bits per heavy atom. The topological polar surface area (TPSA) is 99.8 Å². The Bertz CT molecular complexity index is 536. The van der Waals surface area contributed by atoms with E-state index < -0.39 is 16.4 Å². The van der Waals surface area contributed by atoms with Gasteiger partial charge in [0, 0.05) is 18.2 Å². The van der Waals surface area contributed by atoms with Crippen LogP contribution in [0.3, 0.4) is 0 Å². The Kier molecular flexibility index (Phi) is 5.64. The molecule has 7 nitrogen and oxygen atoms in total. The molecule has 19 heavy (non-hydrogen) atoms. The Hall–Kier alpha value is -1.74. The molecule has 0 atom stereocenters. The number of thiocarbonyl (C=S) groups is 1. The molecule has 0 heterocycles. The van der Waals surface area contributed by atoms with E-state index in [1.807, 2.05) is 6.92 Å². The average molecular weight is 347 g/mol. The van der Waals surface area contributed by atoms with E-state index >= 15 is 0 Å². The van der Waals surface area contributed by atoms with E-state index in [-0.39, 0.29) is 4.47 Å². The molecule has 0 aromatic heterocycles. The van der Waals surface area contributed by atoms with Crippen LogP contribution in [0.1, 0.15) is 12.5 Å². The van der Waals surface area contributed by atoms with Gasteiger partial charge in [-0.05, 0) is 41.1 Å². The fraction of sp³-hybridized carbons (Fsp3) is 0.200. The van der Waals surface area contributed by atoms with Gasteiger partial charge in [0.25, 0.3) is 0 Å². The van der Waals surface area contributed by atoms with Crippen molar-refractivity contribution in [3.05, 3.63) is 32.3 Å². The Balaban J connectivity index is 2.88. The number of hydrogen-bond acceptors (Lipinski definition) is 5. The summed E-state index contributed by atoms with van der Waals surface area (Å²) in [5.74, 6) is -0.418. The molecule has 0 fully saturated rings. The van der Waals surface area contributed by atoms with Crippen molar-refractivity contribution in [2.45, 2.75) is 6.92 Å². The first-order chi connectivity index (χ1) is 8.95. The molecule has 0 amide bonds. The second-order valence-corrected chi connectivity index (χ2v) is 4.62. The van der Waals surface area contributed by atoms with E-state index in [1.54, 1.807) is 0 Å². The molecule has 0 unspecified atom stereocenters. The summed E-state index contributed by atoms with van der Waals surface area (Å²) < 4.78 is 0.220. The fourth-order valence-corrected chi connectivity index (χ4v) is 1.85. The van der Waals surface area contributed by atoms with Crippen LogP contribution < -0.4 is 10.7 Å². The van der Waals surface area contributed by atoms with Gasteiger partial charge in [-0.15, -0.1) is 0 Å². The lowest BCUT2D eigenvalue weighted by Gasteiger charge is -2.03. The van der Waals surface area contributed by atoms with E-state index in [2.05, 4.69) is 31.8 Å². The highest BCUT2D eigenvalue weighted by atomic mass is 79.9. The van der Waals surface area contributed by atoms with Crippen LogP contribution in [-0.4, -0.2) is 27.9 Å². The molecule has 1 aromatic carbocycles. The predicted octanol–water partition coefficient (Wildman–Crippen LogP) is 1.88. The van der Waals surface area contributed by atoms with E-state index in [0.29, 0.717) is 17.2 Å². The third kappa shape index (κ3) is 4.45. The van der Waals surface area contributed by atoms with Crippen LogP contribution in [0.2, 0.25) is 0 Å². The monoisotopic (exact) mass is 346 g/mol. The van der Waals surface area contributed by atoms with Gasteiger partial charge in [-0.1, -0.05) is 0 Å². The van der Waals surface area contributed by atoms with Crippen LogP contribution in [0.15, 0.2) is 21.7 Å². The molecule has 0 saturated carbocycles. The third-order valence-electron chi connectivity index (χ3n) is 1.98. The summed E-state index contributed by atoms with van der Waals surface area (Å²) in [4.78, 5) is 10.1. The molecule has 3 N–H and O–H groups in total. The van der Waals surface area contributed by atoms with Gasteiger partial charge in [-0.25, -0.2) is 0 Å². The summed E-state index contributed by atoms with van der Waals surface area (Å²) in [5.41, 5.74) is 2.61. The number of nitrogens with one attached hydrogen (secondary N) is 2. The first-order valence-corrected chi connectivity index (χ1v) is 6.39. The highest BCUT2D eigenvalue weighted by molar-refractivity contribution is 9.10. The van der Waals surface area contributed by atoms with Crippen LogP contribution in [0.4, 0.5) is 5.69 Å². The first kappa shape index (κ1) is 15.3. The smallest absolute Gasteiger partial charge is 0.312 e. The van der Waals surface area contributed by atoms with Crippen molar-refractivity contribution >= 4 is 45.2 Å². The number of hydrazone groups is 1. The number of nitro groups is 1. The largest absolute Gasteiger partial charge is 0.501 e. The maximum absolute atomic E-state index is 10.7. The van der Waals surface area contributed by atoms with E-state index in [4.69, 9.17) is 12.2 Å². The zero-order valence-electron chi connectivity index (χ0n) is 9.88. The SMILES string of the molecule is CCNC(=S)N/N=C\c1cc(Br)c(O)c([N+](=O)[O-])c1. The summed E-state index contributed by atoms with van der Waals surface area (Å²) >= 11 is 7.93. The maximum atomic E-state index is 10.7. The Labute approximate surface area is 123 Å². The number of aromatic hydroxyl groups is 1. The highest BCUT2D eigenvalue weighted by Crippen LogP contribution is 2.34. The minimum absolute atomic E-state index is 0.220. The quantitative estimate of drug-likeness (QED) is 0.333. The van der Waals surface area contributed by atoms with Crippen molar-refractivity contribution < 1.29 is 10.0 Å². The number of nitrogens with zero attached hydrogens (tertiary/aromatic N) is 2. The summed E-state index contributed by atoms with van der Waals surface area (Å²) in [5, 5.41) is 27.2. The second-order valence-electron chi connectivity index (χ2n) is 3.36. The molecule has 0 spiro atoms. The van der Waals surface area contributed by atoms with Gasteiger partial charge in [0.2, 0.25) is 5.75 Å². The van der Waals surface area contributed by atoms with Crippen LogP contribution in [0, 0.1) is 10.1 Å². The lowest BCUT2D eigenvalue weighted by molar-refractivity contribution is -0.386. The fourth-order valence-electron chi connectivity index (χ4n) is 1.18. The van der Waals surface area contributed by atoms with E-state index in [9.17, 15) is 15.2 Å². The van der Waals surface area contributed by atoms with Gasteiger partial charge >= 0.3 is 5.69 Å². The molecule has 1 rings (SSSR count). The molecule has 0 aliphatic rings. The van der Waals surface area contributed by atoms with Gasteiger partial charge in [0.1, 0.15) is 0 Å². The number of rotatable bonds is 4. The van der Waals surface area contributed by atoms with Gasteiger partial charge < -0.3 is 10.4 Å². The normalized spacial score (nSPS) is 10.4. The number of halogens is 1. The lowest BCUT2D eigenvalue weighted by Crippen LogP contribution is -2.31. The molecular weight excluding hydrogens is 336 g/mol. The minimum atomic E-state index is -0.672. The number of phenols is 1. The van der Waals surface area contributed by atoms with Crippen molar-refractivity contribution in [3.63, 3.8) is 0 Å². The number of phenolic OH excluding ortho intramolecular Hbond substituents is 1. The van der Waals surface area contributed by atoms with Gasteiger partial charge in [-0.2, -0.15) is 5.10 Å². The van der Waals surface area contributed by atoms with E-state index in [0.717, 1.165) is 0 Å². The number of hydrogen-bond donors (Lipinski definition) is 3. The minimum Gasteiger partial charge on any atom is -0.501 e. The third-order valence-corrected chi connectivity index (χ3v) is 2.82. The molecular formula is C10H11BrN4O3S. The Morgan fingerprint density at radius 2 is 2.37 bits per heavy atom. The first-order valence-electron chi connectivity index (χ1n) is 5.19. The molecule has 0 aliphatic heterocycles. The second kappa shape index (κ2) is 7.00. The summed E-state index contributed by atoms with van der Waals surface area (Å²) in [6.45, 7) is 2.55. The van der Waals surface area contributed by atoms with Crippen LogP contribution in [0.5, 0.6) is 5.75 Å². The van der Waals surface area contributed by atoms with Crippen molar-refractivity contribution in [1.29, 1.82) is 0 Å². The summed E-state index contributed by atoms with van der Waals surface area (Å²) in [6, 6.07) is 2.71. The highest BCUT2D eigenvalue weighted by Gasteiger charge is 2.17.